The number of nitrogens with one attached hydrogen (secondary N) is 1. The summed E-state index contributed by atoms with van der Waals surface area (Å²) in [7, 11) is 1.24. The van der Waals surface area contributed by atoms with Gasteiger partial charge < -0.3 is 15.5 Å². The van der Waals surface area contributed by atoms with Crippen molar-refractivity contribution in [3.05, 3.63) is 30.1 Å². The first kappa shape index (κ1) is 15.4. The Bertz CT molecular complexity index is 534. The Labute approximate surface area is 113 Å². The van der Waals surface area contributed by atoms with Gasteiger partial charge in [0.25, 0.3) is 0 Å². The minimum absolute atomic E-state index is 0.0514. The molecule has 0 spiro atoms. The molecule has 20 heavy (non-hydrogen) atoms. The van der Waals surface area contributed by atoms with E-state index in [0.717, 1.165) is 11.0 Å². The zero-order valence-electron chi connectivity index (χ0n) is 10.5. The summed E-state index contributed by atoms with van der Waals surface area (Å²) in [5.41, 5.74) is -0.0514. The lowest BCUT2D eigenvalue weighted by Gasteiger charge is -2.21. The third-order valence-corrected chi connectivity index (χ3v) is 2.49. The van der Waals surface area contributed by atoms with Crippen LogP contribution in [0.2, 0.25) is 0 Å². The van der Waals surface area contributed by atoms with E-state index >= 15 is 0 Å². The maximum atomic E-state index is 13.5. The number of carbonyl (C=O) groups excluding carboxylic acids is 1. The highest BCUT2D eigenvalue weighted by molar-refractivity contribution is 5.95. The molecule has 1 atom stereocenters. The Morgan fingerprint density at radius 1 is 1.30 bits per heavy atom. The van der Waals surface area contributed by atoms with E-state index in [2.05, 4.69) is 0 Å². The first-order valence-electron chi connectivity index (χ1n) is 5.56. The third kappa shape index (κ3) is 3.94. The first-order chi connectivity index (χ1) is 9.32. The second kappa shape index (κ2) is 6.50. The molecule has 3 N–H and O–H groups in total. The van der Waals surface area contributed by atoms with Crippen molar-refractivity contribution in [2.24, 2.45) is 0 Å². The Hall–Kier alpha value is -2.64. The van der Waals surface area contributed by atoms with Crippen LogP contribution in [0.1, 0.15) is 6.42 Å². The van der Waals surface area contributed by atoms with Gasteiger partial charge in [0.05, 0.1) is 12.1 Å². The fraction of sp³-hybridized carbons (Fsp3) is 0.250. The molecule has 1 aromatic rings. The summed E-state index contributed by atoms with van der Waals surface area (Å²) >= 11 is 0. The first-order valence-corrected chi connectivity index (χ1v) is 5.56. The molecule has 108 valence electrons. The van der Waals surface area contributed by atoms with E-state index in [4.69, 9.17) is 10.2 Å². The van der Waals surface area contributed by atoms with Crippen molar-refractivity contribution in [3.8, 4) is 0 Å². The van der Waals surface area contributed by atoms with Gasteiger partial charge in [-0.05, 0) is 12.1 Å². The number of halogens is 1. The summed E-state index contributed by atoms with van der Waals surface area (Å²) in [5, 5.41) is 19.4. The van der Waals surface area contributed by atoms with Crippen LogP contribution in [-0.2, 0) is 9.59 Å². The number of aliphatic carboxylic acids is 2. The number of anilines is 1. The monoisotopic (exact) mass is 284 g/mol. The number of hydrogen-bond acceptors (Lipinski definition) is 3. The molecule has 0 aliphatic heterocycles. The molecule has 0 aliphatic rings. The normalized spacial score (nSPS) is 11.5. The lowest BCUT2D eigenvalue weighted by molar-refractivity contribution is -0.145. The van der Waals surface area contributed by atoms with E-state index < -0.39 is 36.2 Å². The van der Waals surface area contributed by atoms with Gasteiger partial charge in [-0.3, -0.25) is 9.69 Å². The molecule has 1 aromatic carbocycles. The summed E-state index contributed by atoms with van der Waals surface area (Å²) in [6.45, 7) is 0. The number of benzene rings is 1. The van der Waals surface area contributed by atoms with E-state index in [1.165, 1.54) is 25.2 Å². The Balaban J connectivity index is 2.81. The van der Waals surface area contributed by atoms with Gasteiger partial charge in [-0.15, -0.1) is 0 Å². The van der Waals surface area contributed by atoms with E-state index in [1.807, 2.05) is 5.32 Å². The Morgan fingerprint density at radius 2 is 1.90 bits per heavy atom. The van der Waals surface area contributed by atoms with Gasteiger partial charge in [-0.2, -0.15) is 0 Å². The molecule has 1 unspecified atom stereocenters. The standard InChI is InChI=1S/C12H13FN2O5/c1-15(9-5-3-2-4-7(9)13)12(20)14-8(11(18)19)6-10(16)17/h2-5,8H,6H2,1H3,(H,14,20)(H,16,17)(H,18,19). The van der Waals surface area contributed by atoms with E-state index in [1.54, 1.807) is 0 Å². The van der Waals surface area contributed by atoms with Gasteiger partial charge in [-0.25, -0.2) is 14.0 Å². The van der Waals surface area contributed by atoms with E-state index in [-0.39, 0.29) is 5.69 Å². The molecule has 0 bridgehead atoms. The lowest BCUT2D eigenvalue weighted by Crippen LogP contribution is -2.47. The highest BCUT2D eigenvalue weighted by atomic mass is 19.1. The summed E-state index contributed by atoms with van der Waals surface area (Å²) in [6.07, 6.45) is -0.772. The molecule has 1 rings (SSSR count). The maximum absolute atomic E-state index is 13.5. The minimum Gasteiger partial charge on any atom is -0.481 e. The molecule has 0 fully saturated rings. The van der Waals surface area contributed by atoms with E-state index in [9.17, 15) is 18.8 Å². The smallest absolute Gasteiger partial charge is 0.326 e. The second-order valence-corrected chi connectivity index (χ2v) is 3.95. The number of carboxylic acids is 2. The molecule has 0 heterocycles. The largest absolute Gasteiger partial charge is 0.481 e. The van der Waals surface area contributed by atoms with Crippen LogP contribution in [-0.4, -0.2) is 41.3 Å². The highest BCUT2D eigenvalue weighted by Crippen LogP contribution is 2.17. The van der Waals surface area contributed by atoms with Crippen molar-refractivity contribution in [2.45, 2.75) is 12.5 Å². The molecular formula is C12H13FN2O5. The summed E-state index contributed by atoms with van der Waals surface area (Å²) in [4.78, 5) is 34.0. The summed E-state index contributed by atoms with van der Waals surface area (Å²) < 4.78 is 13.5. The molecule has 0 aromatic heterocycles. The average Bonchev–Trinajstić information content (AvgIpc) is 2.37. The van der Waals surface area contributed by atoms with E-state index in [0.29, 0.717) is 0 Å². The Morgan fingerprint density at radius 3 is 2.40 bits per heavy atom. The SMILES string of the molecule is CN(C(=O)NC(CC(=O)O)C(=O)O)c1ccccc1F. The van der Waals surface area contributed by atoms with Crippen molar-refractivity contribution in [1.29, 1.82) is 0 Å². The number of urea groups is 1. The predicted octanol–water partition coefficient (Wildman–Crippen LogP) is 0.899. The summed E-state index contributed by atoms with van der Waals surface area (Å²) in [6, 6.07) is 2.92. The fourth-order valence-electron chi connectivity index (χ4n) is 1.45. The molecule has 2 amide bonds. The molecule has 0 saturated carbocycles. The van der Waals surface area contributed by atoms with Gasteiger partial charge in [0.2, 0.25) is 0 Å². The van der Waals surface area contributed by atoms with Crippen LogP contribution in [0, 0.1) is 5.82 Å². The van der Waals surface area contributed by atoms with Crippen molar-refractivity contribution in [2.75, 3.05) is 11.9 Å². The molecule has 0 saturated heterocycles. The van der Waals surface area contributed by atoms with Crippen molar-refractivity contribution >= 4 is 23.7 Å². The van der Waals surface area contributed by atoms with Gasteiger partial charge in [-0.1, -0.05) is 12.1 Å². The zero-order chi connectivity index (χ0) is 15.3. The number of hydrogen-bond donors (Lipinski definition) is 3. The number of amides is 2. The molecular weight excluding hydrogens is 271 g/mol. The van der Waals surface area contributed by atoms with Crippen LogP contribution < -0.4 is 10.2 Å². The minimum atomic E-state index is -1.59. The summed E-state index contributed by atoms with van der Waals surface area (Å²) in [5.74, 6) is -3.51. The van der Waals surface area contributed by atoms with Crippen LogP contribution >= 0.6 is 0 Å². The quantitative estimate of drug-likeness (QED) is 0.744. The average molecular weight is 284 g/mol. The number of nitrogens with zero attached hydrogens (tertiary/aromatic N) is 1. The van der Waals surface area contributed by atoms with Crippen LogP contribution in [0.15, 0.2) is 24.3 Å². The number of rotatable bonds is 5. The van der Waals surface area contributed by atoms with Gasteiger partial charge in [0, 0.05) is 7.05 Å². The van der Waals surface area contributed by atoms with Crippen molar-refractivity contribution in [1.82, 2.24) is 5.32 Å². The fourth-order valence-corrected chi connectivity index (χ4v) is 1.45. The molecule has 0 radical (unpaired) electrons. The topological polar surface area (TPSA) is 107 Å². The van der Waals surface area contributed by atoms with Crippen molar-refractivity contribution in [3.63, 3.8) is 0 Å². The molecule has 0 aliphatic carbocycles. The van der Waals surface area contributed by atoms with Gasteiger partial charge in [0.1, 0.15) is 11.9 Å². The van der Waals surface area contributed by atoms with Crippen molar-refractivity contribution < 1.29 is 29.0 Å². The highest BCUT2D eigenvalue weighted by Gasteiger charge is 2.25. The third-order valence-electron chi connectivity index (χ3n) is 2.49. The molecule has 7 nitrogen and oxygen atoms in total. The van der Waals surface area contributed by atoms with Crippen LogP contribution in [0.25, 0.3) is 0 Å². The lowest BCUT2D eigenvalue weighted by atomic mass is 10.2. The van der Waals surface area contributed by atoms with Crippen LogP contribution in [0.3, 0.4) is 0 Å². The molecule has 8 heteroatoms. The predicted molar refractivity (Wildman–Crippen MR) is 67.0 cm³/mol. The van der Waals surface area contributed by atoms with Crippen LogP contribution in [0.5, 0.6) is 0 Å². The number of carboxylic acid groups (broad SMARTS) is 2. The van der Waals surface area contributed by atoms with Crippen LogP contribution in [0.4, 0.5) is 14.9 Å². The number of para-hydroxylation sites is 1. The zero-order valence-corrected chi connectivity index (χ0v) is 10.5. The number of carbonyl (C=O) groups is 3. The maximum Gasteiger partial charge on any atom is 0.326 e. The van der Waals surface area contributed by atoms with Gasteiger partial charge in [0.15, 0.2) is 0 Å². The Kier molecular flexibility index (Phi) is 5.01. The second-order valence-electron chi connectivity index (χ2n) is 3.95. The van der Waals surface area contributed by atoms with Gasteiger partial charge >= 0.3 is 18.0 Å².